The maximum Gasteiger partial charge on any atom is 0.0650 e. The van der Waals surface area contributed by atoms with Crippen LogP contribution in [0.1, 0.15) is 29.7 Å². The zero-order valence-electron chi connectivity index (χ0n) is 14.1. The van der Waals surface area contributed by atoms with Gasteiger partial charge in [-0.25, -0.2) is 0 Å². The summed E-state index contributed by atoms with van der Waals surface area (Å²) in [5.41, 5.74) is 5.49. The summed E-state index contributed by atoms with van der Waals surface area (Å²) in [5.74, 6) is 0. The second kappa shape index (κ2) is 6.69. The highest BCUT2D eigenvalue weighted by Gasteiger charge is 2.03. The number of aromatic amines is 3. The van der Waals surface area contributed by atoms with Crippen LogP contribution in [0.25, 0.3) is 18.2 Å². The Balaban J connectivity index is 1.49. The van der Waals surface area contributed by atoms with E-state index in [4.69, 9.17) is 0 Å². The van der Waals surface area contributed by atoms with Gasteiger partial charge in [-0.15, -0.1) is 0 Å². The molecule has 0 unspecified atom stereocenters. The molecule has 3 aromatic rings. The molecule has 0 amide bonds. The highest BCUT2D eigenvalue weighted by molar-refractivity contribution is 5.79. The van der Waals surface area contributed by atoms with Crippen molar-refractivity contribution < 1.29 is 0 Å². The number of hydrogen-bond acceptors (Lipinski definition) is 1. The third-order valence-electron chi connectivity index (χ3n) is 4.15. The lowest BCUT2D eigenvalue weighted by atomic mass is 10.2. The predicted octanol–water partition coefficient (Wildman–Crippen LogP) is 2.87. The van der Waals surface area contributed by atoms with E-state index in [0.29, 0.717) is 0 Å². The molecule has 3 N–H and O–H groups in total. The topological polar surface area (TPSA) is 59.7 Å². The lowest BCUT2D eigenvalue weighted by molar-refractivity contribution is 1.04. The lowest BCUT2D eigenvalue weighted by Crippen LogP contribution is -2.08. The Morgan fingerprint density at radius 3 is 2.20 bits per heavy atom. The molecule has 0 saturated carbocycles. The molecule has 1 aliphatic heterocycles. The van der Waals surface area contributed by atoms with Crippen LogP contribution in [0, 0.1) is 0 Å². The van der Waals surface area contributed by atoms with E-state index in [0.717, 1.165) is 34.2 Å². The first-order valence-corrected chi connectivity index (χ1v) is 8.40. The fraction of sp³-hybridized carbons (Fsp3) is 0.0952. The normalized spacial score (nSPS) is 16.6. The van der Waals surface area contributed by atoms with Crippen LogP contribution < -0.4 is 10.7 Å². The lowest BCUT2D eigenvalue weighted by Gasteiger charge is -1.96. The van der Waals surface area contributed by atoms with Crippen LogP contribution in [0.5, 0.6) is 0 Å². The summed E-state index contributed by atoms with van der Waals surface area (Å²) in [6.45, 7) is 2.03. The van der Waals surface area contributed by atoms with Gasteiger partial charge in [0.1, 0.15) is 0 Å². The van der Waals surface area contributed by atoms with E-state index in [9.17, 15) is 0 Å². The van der Waals surface area contributed by atoms with Crippen LogP contribution in [0.4, 0.5) is 0 Å². The largest absolute Gasteiger partial charge is 0.359 e. The van der Waals surface area contributed by atoms with Crippen molar-refractivity contribution in [3.8, 4) is 0 Å². The summed E-state index contributed by atoms with van der Waals surface area (Å²) in [5, 5.41) is 2.23. The molecule has 0 radical (unpaired) electrons. The minimum absolute atomic E-state index is 0.842. The van der Waals surface area contributed by atoms with Crippen molar-refractivity contribution in [3.63, 3.8) is 0 Å². The SMILES string of the molecule is CC=c1ccc(=Cc2ccc(Cc3ccc(C=C4C=CC=N4)[nH]3)[nH]2)[nH]1. The van der Waals surface area contributed by atoms with Crippen LogP contribution in [-0.4, -0.2) is 21.2 Å². The number of rotatable bonds is 4. The van der Waals surface area contributed by atoms with Gasteiger partial charge < -0.3 is 15.0 Å². The highest BCUT2D eigenvalue weighted by atomic mass is 14.8. The second-order valence-corrected chi connectivity index (χ2v) is 6.06. The summed E-state index contributed by atoms with van der Waals surface area (Å²) in [6.07, 6.45) is 12.8. The molecule has 4 heteroatoms. The molecule has 4 nitrogen and oxygen atoms in total. The predicted molar refractivity (Wildman–Crippen MR) is 104 cm³/mol. The van der Waals surface area contributed by atoms with Gasteiger partial charge in [0.05, 0.1) is 5.70 Å². The summed E-state index contributed by atoms with van der Waals surface area (Å²) < 4.78 is 0. The first-order chi connectivity index (χ1) is 12.3. The van der Waals surface area contributed by atoms with Gasteiger partial charge in [-0.2, -0.15) is 0 Å². The average Bonchev–Trinajstić information content (AvgIpc) is 3.38. The number of nitrogens with one attached hydrogen (secondary N) is 3. The molecule has 0 aliphatic carbocycles. The number of H-pyrrole nitrogens is 3. The van der Waals surface area contributed by atoms with Crippen molar-refractivity contribution in [2.45, 2.75) is 13.3 Å². The molecule has 0 saturated heterocycles. The Morgan fingerprint density at radius 1 is 0.840 bits per heavy atom. The van der Waals surface area contributed by atoms with Crippen molar-refractivity contribution in [3.05, 3.63) is 87.7 Å². The molecule has 4 rings (SSSR count). The zero-order valence-corrected chi connectivity index (χ0v) is 14.1. The van der Waals surface area contributed by atoms with Crippen molar-refractivity contribution >= 4 is 24.4 Å². The van der Waals surface area contributed by atoms with Crippen LogP contribution in [0.2, 0.25) is 0 Å². The number of aliphatic imine (C=N–C) groups is 1. The highest BCUT2D eigenvalue weighted by Crippen LogP contribution is 2.14. The van der Waals surface area contributed by atoms with E-state index in [1.54, 1.807) is 6.21 Å². The van der Waals surface area contributed by atoms with Gasteiger partial charge in [-0.05, 0) is 67.6 Å². The van der Waals surface area contributed by atoms with Crippen LogP contribution in [0.15, 0.2) is 59.2 Å². The Bertz CT molecular complexity index is 1070. The molecule has 0 aromatic carbocycles. The summed E-state index contributed by atoms with van der Waals surface area (Å²) in [7, 11) is 0. The Kier molecular flexibility index (Phi) is 4.09. The molecule has 1 aliphatic rings. The quantitative estimate of drug-likeness (QED) is 0.660. The van der Waals surface area contributed by atoms with Gasteiger partial charge in [0.15, 0.2) is 0 Å². The Hall–Kier alpha value is -3.27. The maximum absolute atomic E-state index is 4.26. The molecule has 25 heavy (non-hydrogen) atoms. The van der Waals surface area contributed by atoms with Gasteiger partial charge in [-0.3, -0.25) is 4.99 Å². The van der Waals surface area contributed by atoms with E-state index in [1.165, 1.54) is 11.4 Å². The second-order valence-electron chi connectivity index (χ2n) is 6.06. The number of hydrogen-bond donors (Lipinski definition) is 3. The van der Waals surface area contributed by atoms with Crippen molar-refractivity contribution in [1.82, 2.24) is 15.0 Å². The number of aromatic nitrogens is 3. The van der Waals surface area contributed by atoms with E-state index in [-0.39, 0.29) is 0 Å². The summed E-state index contributed by atoms with van der Waals surface area (Å²) in [6, 6.07) is 12.6. The van der Waals surface area contributed by atoms with Gasteiger partial charge >= 0.3 is 0 Å². The number of nitrogens with zero attached hydrogens (tertiary/aromatic N) is 1. The molecule has 0 atom stereocenters. The van der Waals surface area contributed by atoms with Gasteiger partial charge in [0, 0.05) is 46.1 Å². The van der Waals surface area contributed by atoms with Crippen LogP contribution >= 0.6 is 0 Å². The summed E-state index contributed by atoms with van der Waals surface area (Å²) >= 11 is 0. The van der Waals surface area contributed by atoms with E-state index >= 15 is 0 Å². The van der Waals surface area contributed by atoms with E-state index in [1.807, 2.05) is 25.2 Å². The average molecular weight is 328 g/mol. The van der Waals surface area contributed by atoms with Crippen LogP contribution in [-0.2, 0) is 6.42 Å². The molecule has 0 bridgehead atoms. The first kappa shape index (κ1) is 15.3. The van der Waals surface area contributed by atoms with Gasteiger partial charge in [0.25, 0.3) is 0 Å². The molecule has 0 fully saturated rings. The molecule has 0 spiro atoms. The van der Waals surface area contributed by atoms with Crippen molar-refractivity contribution in [2.75, 3.05) is 0 Å². The fourth-order valence-corrected chi connectivity index (χ4v) is 2.91. The maximum atomic E-state index is 4.26. The molecule has 4 heterocycles. The minimum atomic E-state index is 0.842. The van der Waals surface area contributed by atoms with E-state index in [2.05, 4.69) is 68.5 Å². The molecule has 3 aromatic heterocycles. The van der Waals surface area contributed by atoms with Crippen LogP contribution in [0.3, 0.4) is 0 Å². The molecular formula is C21H20N4. The van der Waals surface area contributed by atoms with Gasteiger partial charge in [0.2, 0.25) is 0 Å². The first-order valence-electron chi connectivity index (χ1n) is 8.40. The Morgan fingerprint density at radius 2 is 1.56 bits per heavy atom. The van der Waals surface area contributed by atoms with Crippen molar-refractivity contribution in [1.29, 1.82) is 0 Å². The molecule has 124 valence electrons. The zero-order chi connectivity index (χ0) is 17.1. The Labute approximate surface area is 146 Å². The number of allylic oxidation sites excluding steroid dienone is 2. The monoisotopic (exact) mass is 328 g/mol. The minimum Gasteiger partial charge on any atom is -0.359 e. The summed E-state index contributed by atoms with van der Waals surface area (Å²) in [4.78, 5) is 14.5. The van der Waals surface area contributed by atoms with Crippen molar-refractivity contribution in [2.24, 2.45) is 4.99 Å². The third kappa shape index (κ3) is 3.63. The smallest absolute Gasteiger partial charge is 0.0650 e. The van der Waals surface area contributed by atoms with Gasteiger partial charge in [-0.1, -0.05) is 6.08 Å². The standard InChI is InChI=1S/C21H20N4/c1-2-15-5-6-18(23-15)13-19-9-10-21(25-19)14-20-8-7-17(24-20)12-16-4-3-11-22-16/h2-13,23-25H,14H2,1H3. The van der Waals surface area contributed by atoms with E-state index < -0.39 is 0 Å². The molecular weight excluding hydrogens is 308 g/mol. The third-order valence-corrected chi connectivity index (χ3v) is 4.15. The fourth-order valence-electron chi connectivity index (χ4n) is 2.91.